The van der Waals surface area contributed by atoms with E-state index >= 15 is 0 Å². The van der Waals surface area contributed by atoms with Crippen molar-refractivity contribution in [1.29, 1.82) is 0 Å². The number of hydrogen-bond donors (Lipinski definition) is 3. The van der Waals surface area contributed by atoms with Gasteiger partial charge in [-0.25, -0.2) is 0 Å². The summed E-state index contributed by atoms with van der Waals surface area (Å²) in [6, 6.07) is 18.0. The van der Waals surface area contributed by atoms with Crippen molar-refractivity contribution in [2.75, 3.05) is 6.54 Å². The quantitative estimate of drug-likeness (QED) is 0.306. The lowest BCUT2D eigenvalue weighted by Gasteiger charge is -2.27. The monoisotopic (exact) mass is 569 g/mol. The molecule has 0 bridgehead atoms. The molecular formula is C30H28BN3O6S. The number of carbonyl (C=O) groups is 3. The van der Waals surface area contributed by atoms with E-state index < -0.39 is 13.2 Å². The summed E-state index contributed by atoms with van der Waals surface area (Å²) in [6.07, 6.45) is 1.43. The minimum absolute atomic E-state index is 0.0100. The van der Waals surface area contributed by atoms with Crippen LogP contribution in [0.5, 0.6) is 11.5 Å². The second-order valence-electron chi connectivity index (χ2n) is 11.3. The number of fused-ring (bicyclic) bond motifs is 4. The Morgan fingerprint density at radius 2 is 1.88 bits per heavy atom. The van der Waals surface area contributed by atoms with E-state index in [1.165, 1.54) is 0 Å². The van der Waals surface area contributed by atoms with Gasteiger partial charge in [0, 0.05) is 18.2 Å². The lowest BCUT2D eigenvalue weighted by Crippen LogP contribution is -2.50. The maximum absolute atomic E-state index is 13.3. The third-order valence-corrected chi connectivity index (χ3v) is 9.58. The number of ether oxygens (including phenoxy) is 1. The molecule has 3 atom stereocenters. The Labute approximate surface area is 241 Å². The molecule has 1 aliphatic carbocycles. The molecule has 0 spiro atoms. The molecule has 3 aromatic rings. The molecule has 41 heavy (non-hydrogen) atoms. The van der Waals surface area contributed by atoms with Crippen LogP contribution in [0.3, 0.4) is 0 Å². The summed E-state index contributed by atoms with van der Waals surface area (Å²) in [5, 5.41) is 15.7. The number of nitrogens with zero attached hydrogens (tertiary/aromatic N) is 1. The Kier molecular flexibility index (Phi) is 6.33. The van der Waals surface area contributed by atoms with E-state index in [2.05, 4.69) is 17.6 Å². The fourth-order valence-electron chi connectivity index (χ4n) is 6.06. The summed E-state index contributed by atoms with van der Waals surface area (Å²) >= 11 is 1.58. The van der Waals surface area contributed by atoms with Gasteiger partial charge >= 0.3 is 7.12 Å². The van der Waals surface area contributed by atoms with Gasteiger partial charge in [-0.15, -0.1) is 0 Å². The standard InChI is InChI=1S/C30H28BN3O6S/c1-30-12-21(29(37)32-14-17-6-7-19-16-39-31(38)20(19)10-17)34(26(30)13-30)27(35)15-33-28(36)18-8-9-25-23(11-18)40-22-4-2-3-5-24(22)41-25/h2-11,21,26,38H,12-16H2,1H3,(H,32,37)(H,33,36)/t21-,26-,30+/m0/s1. The zero-order valence-corrected chi connectivity index (χ0v) is 23.2. The van der Waals surface area contributed by atoms with Crippen LogP contribution in [0.1, 0.15) is 41.3 Å². The predicted molar refractivity (Wildman–Crippen MR) is 152 cm³/mol. The summed E-state index contributed by atoms with van der Waals surface area (Å²) in [4.78, 5) is 43.1. The van der Waals surface area contributed by atoms with E-state index in [0.29, 0.717) is 29.8 Å². The van der Waals surface area contributed by atoms with Crippen LogP contribution in [0.25, 0.3) is 0 Å². The SMILES string of the molecule is C[C@@]12C[C@@H]1N(C(=O)CNC(=O)c1ccc3c(c1)Oc1ccccc1S3)[C@H](C(=O)NCc1ccc3c(c1)B(O)OC3)C2. The van der Waals surface area contributed by atoms with Crippen LogP contribution in [0, 0.1) is 5.41 Å². The lowest BCUT2D eigenvalue weighted by molar-refractivity contribution is -0.139. The molecule has 0 aromatic heterocycles. The highest BCUT2D eigenvalue weighted by molar-refractivity contribution is 7.99. The molecule has 3 aliphatic heterocycles. The van der Waals surface area contributed by atoms with Gasteiger partial charge in [-0.05, 0) is 65.2 Å². The summed E-state index contributed by atoms with van der Waals surface area (Å²) in [5.41, 5.74) is 2.81. The molecule has 11 heteroatoms. The van der Waals surface area contributed by atoms with E-state index in [1.54, 1.807) is 28.8 Å². The third-order valence-electron chi connectivity index (χ3n) is 8.46. The van der Waals surface area contributed by atoms with Crippen LogP contribution in [0.15, 0.2) is 70.5 Å². The Hall–Kier alpha value is -3.80. The normalized spacial score (nSPS) is 23.1. The third kappa shape index (κ3) is 4.77. The van der Waals surface area contributed by atoms with Gasteiger partial charge in [0.15, 0.2) is 0 Å². The first-order valence-corrected chi connectivity index (χ1v) is 14.5. The maximum Gasteiger partial charge on any atom is 0.491 e. The Morgan fingerprint density at radius 1 is 1.05 bits per heavy atom. The fourth-order valence-corrected chi connectivity index (χ4v) is 6.99. The average molecular weight is 569 g/mol. The fraction of sp³-hybridized carbons (Fsp3) is 0.300. The number of nitrogens with one attached hydrogen (secondary N) is 2. The number of para-hydroxylation sites is 1. The highest BCUT2D eigenvalue weighted by atomic mass is 32.2. The summed E-state index contributed by atoms with van der Waals surface area (Å²) in [7, 11) is -0.949. The molecule has 208 valence electrons. The molecule has 3 aromatic carbocycles. The number of benzene rings is 3. The summed E-state index contributed by atoms with van der Waals surface area (Å²) in [5.74, 6) is 0.464. The molecule has 3 heterocycles. The van der Waals surface area contributed by atoms with E-state index in [-0.39, 0.29) is 42.3 Å². The molecule has 3 amide bonds. The lowest BCUT2D eigenvalue weighted by atomic mass is 9.79. The Balaban J connectivity index is 0.981. The molecular weight excluding hydrogens is 541 g/mol. The highest BCUT2D eigenvalue weighted by Crippen LogP contribution is 2.59. The second kappa shape index (κ2) is 9.94. The van der Waals surface area contributed by atoms with Crippen molar-refractivity contribution in [3.63, 3.8) is 0 Å². The predicted octanol–water partition coefficient (Wildman–Crippen LogP) is 2.59. The number of carbonyl (C=O) groups excluding carboxylic acids is 3. The van der Waals surface area contributed by atoms with Crippen LogP contribution in [-0.2, 0) is 27.4 Å². The number of hydrogen-bond acceptors (Lipinski definition) is 7. The van der Waals surface area contributed by atoms with Crippen LogP contribution < -0.4 is 20.8 Å². The van der Waals surface area contributed by atoms with Crippen molar-refractivity contribution >= 4 is 42.1 Å². The van der Waals surface area contributed by atoms with Crippen molar-refractivity contribution in [3.05, 3.63) is 77.4 Å². The summed E-state index contributed by atoms with van der Waals surface area (Å²) in [6.45, 7) is 2.54. The molecule has 2 fully saturated rings. The first kappa shape index (κ1) is 26.1. The van der Waals surface area contributed by atoms with Crippen molar-refractivity contribution in [1.82, 2.24) is 15.5 Å². The summed E-state index contributed by atoms with van der Waals surface area (Å²) < 4.78 is 11.2. The topological polar surface area (TPSA) is 117 Å². The average Bonchev–Trinajstić information content (AvgIpc) is 3.34. The zero-order chi connectivity index (χ0) is 28.3. The molecule has 9 nitrogen and oxygen atoms in total. The highest BCUT2D eigenvalue weighted by Gasteiger charge is 2.64. The number of likely N-dealkylation sites (tertiary alicyclic amines) is 1. The molecule has 7 rings (SSSR count). The molecule has 1 saturated carbocycles. The first-order valence-electron chi connectivity index (χ1n) is 13.7. The number of piperidine rings is 1. The number of rotatable bonds is 6. The van der Waals surface area contributed by atoms with Gasteiger partial charge < -0.3 is 29.9 Å². The molecule has 4 aliphatic rings. The van der Waals surface area contributed by atoms with Crippen LogP contribution >= 0.6 is 11.8 Å². The van der Waals surface area contributed by atoms with Crippen molar-refractivity contribution in [3.8, 4) is 11.5 Å². The van der Waals surface area contributed by atoms with E-state index in [0.717, 1.165) is 33.1 Å². The molecule has 3 N–H and O–H groups in total. The van der Waals surface area contributed by atoms with E-state index in [9.17, 15) is 19.4 Å². The van der Waals surface area contributed by atoms with E-state index in [4.69, 9.17) is 9.39 Å². The van der Waals surface area contributed by atoms with Crippen molar-refractivity contribution < 1.29 is 28.8 Å². The van der Waals surface area contributed by atoms with Crippen LogP contribution in [0.2, 0.25) is 0 Å². The van der Waals surface area contributed by atoms with Gasteiger partial charge in [0.05, 0.1) is 22.9 Å². The van der Waals surface area contributed by atoms with Gasteiger partial charge in [0.25, 0.3) is 5.91 Å². The minimum atomic E-state index is -0.949. The van der Waals surface area contributed by atoms with Gasteiger partial charge in [0.2, 0.25) is 11.8 Å². The van der Waals surface area contributed by atoms with Gasteiger partial charge in [-0.1, -0.05) is 49.0 Å². The Bertz CT molecular complexity index is 1600. The first-order chi connectivity index (χ1) is 19.8. The maximum atomic E-state index is 13.3. The van der Waals surface area contributed by atoms with Gasteiger partial charge in [-0.2, -0.15) is 0 Å². The number of amides is 3. The largest absolute Gasteiger partial charge is 0.491 e. The van der Waals surface area contributed by atoms with Gasteiger partial charge in [0.1, 0.15) is 17.5 Å². The zero-order valence-electron chi connectivity index (χ0n) is 22.4. The molecule has 0 unspecified atom stereocenters. The van der Waals surface area contributed by atoms with Gasteiger partial charge in [-0.3, -0.25) is 14.4 Å². The second-order valence-corrected chi connectivity index (χ2v) is 12.4. The minimum Gasteiger partial charge on any atom is -0.455 e. The van der Waals surface area contributed by atoms with E-state index in [1.807, 2.05) is 48.5 Å². The smallest absolute Gasteiger partial charge is 0.455 e. The van der Waals surface area contributed by atoms with Crippen molar-refractivity contribution in [2.45, 2.75) is 54.8 Å². The molecule has 1 saturated heterocycles. The van der Waals surface area contributed by atoms with Crippen molar-refractivity contribution in [2.24, 2.45) is 5.41 Å². The Morgan fingerprint density at radius 3 is 2.76 bits per heavy atom. The van der Waals surface area contributed by atoms with Crippen LogP contribution in [-0.4, -0.2) is 53.4 Å². The van der Waals surface area contributed by atoms with Crippen LogP contribution in [0.4, 0.5) is 0 Å². The molecule has 0 radical (unpaired) electrons.